The van der Waals surface area contributed by atoms with Crippen LogP contribution in [0.15, 0.2) is 0 Å². The van der Waals surface area contributed by atoms with E-state index in [1.165, 1.54) is 0 Å². The Morgan fingerprint density at radius 2 is 2.24 bits per heavy atom. The Bertz CT molecular complexity index is 263. The fourth-order valence-corrected chi connectivity index (χ4v) is 3.00. The van der Waals surface area contributed by atoms with Crippen LogP contribution in [0.25, 0.3) is 0 Å². The lowest BCUT2D eigenvalue weighted by Gasteiger charge is -2.29. The number of carbonyl (C=O) groups excluding carboxylic acids is 1. The topological polar surface area (TPSA) is 35.6 Å². The van der Waals surface area contributed by atoms with Crippen molar-refractivity contribution in [1.82, 2.24) is 15.1 Å². The van der Waals surface area contributed by atoms with Gasteiger partial charge in [0.25, 0.3) is 0 Å². The molecule has 2 heterocycles. The van der Waals surface area contributed by atoms with Crippen LogP contribution in [0, 0.1) is 5.92 Å². The summed E-state index contributed by atoms with van der Waals surface area (Å²) in [7, 11) is 2.14. The molecule has 0 aromatic heterocycles. The third kappa shape index (κ3) is 3.42. The van der Waals surface area contributed by atoms with Crippen molar-refractivity contribution in [3.05, 3.63) is 0 Å². The number of amides is 1. The first-order valence-electron chi connectivity index (χ1n) is 6.85. The maximum absolute atomic E-state index is 12.3. The first kappa shape index (κ1) is 12.8. The number of nitrogens with one attached hydrogen (secondary N) is 1. The largest absolute Gasteiger partial charge is 0.339 e. The molecule has 2 aliphatic rings. The maximum atomic E-state index is 12.3. The van der Waals surface area contributed by atoms with Crippen molar-refractivity contribution in [2.75, 3.05) is 39.8 Å². The van der Waals surface area contributed by atoms with Gasteiger partial charge in [0.2, 0.25) is 5.91 Å². The highest BCUT2D eigenvalue weighted by Gasteiger charge is 2.26. The van der Waals surface area contributed by atoms with E-state index < -0.39 is 0 Å². The molecule has 2 saturated heterocycles. The summed E-state index contributed by atoms with van der Waals surface area (Å²) in [6, 6.07) is 0.365. The predicted molar refractivity (Wildman–Crippen MR) is 68.9 cm³/mol. The molecule has 1 N–H and O–H groups in total. The minimum absolute atomic E-state index is 0.363. The number of rotatable bonds is 2. The summed E-state index contributed by atoms with van der Waals surface area (Å²) in [5.41, 5.74) is 0. The number of likely N-dealkylation sites (N-methyl/N-ethyl adjacent to an activating group) is 1. The summed E-state index contributed by atoms with van der Waals surface area (Å²) in [6.07, 6.45) is 3.00. The van der Waals surface area contributed by atoms with Gasteiger partial charge in [0.15, 0.2) is 0 Å². The van der Waals surface area contributed by atoms with E-state index in [9.17, 15) is 4.79 Å². The molecule has 0 aliphatic carbocycles. The normalized spacial score (nSPS) is 31.5. The van der Waals surface area contributed by atoms with Gasteiger partial charge in [0, 0.05) is 25.6 Å². The van der Waals surface area contributed by atoms with E-state index in [2.05, 4.69) is 29.1 Å². The van der Waals surface area contributed by atoms with Gasteiger partial charge < -0.3 is 15.1 Å². The molecule has 4 nitrogen and oxygen atoms in total. The highest BCUT2D eigenvalue weighted by Crippen LogP contribution is 2.17. The fourth-order valence-electron chi connectivity index (χ4n) is 3.00. The highest BCUT2D eigenvalue weighted by atomic mass is 16.2. The average Bonchev–Trinajstić information content (AvgIpc) is 2.70. The van der Waals surface area contributed by atoms with E-state index in [4.69, 9.17) is 0 Å². The van der Waals surface area contributed by atoms with E-state index >= 15 is 0 Å². The van der Waals surface area contributed by atoms with Crippen LogP contribution in [-0.4, -0.2) is 61.5 Å². The van der Waals surface area contributed by atoms with Crippen LogP contribution < -0.4 is 5.32 Å². The summed E-state index contributed by atoms with van der Waals surface area (Å²) in [6.45, 7) is 7.33. The summed E-state index contributed by atoms with van der Waals surface area (Å²) < 4.78 is 0. The van der Waals surface area contributed by atoms with E-state index in [1.807, 2.05) is 0 Å². The van der Waals surface area contributed by atoms with Gasteiger partial charge in [-0.25, -0.2) is 0 Å². The van der Waals surface area contributed by atoms with Crippen molar-refractivity contribution in [2.45, 2.75) is 32.2 Å². The Kier molecular flexibility index (Phi) is 4.40. The molecule has 0 spiro atoms. The van der Waals surface area contributed by atoms with Gasteiger partial charge in [-0.15, -0.1) is 0 Å². The van der Waals surface area contributed by atoms with Crippen LogP contribution in [0.2, 0.25) is 0 Å². The van der Waals surface area contributed by atoms with Crippen LogP contribution >= 0.6 is 0 Å². The van der Waals surface area contributed by atoms with Crippen LogP contribution in [0.5, 0.6) is 0 Å². The lowest BCUT2D eigenvalue weighted by molar-refractivity contribution is -0.133. The predicted octanol–water partition coefficient (Wildman–Crippen LogP) is 0.539. The summed E-state index contributed by atoms with van der Waals surface area (Å²) in [5.74, 6) is 0.928. The minimum Gasteiger partial charge on any atom is -0.339 e. The zero-order valence-corrected chi connectivity index (χ0v) is 11.1. The standard InChI is InChI=1S/C13H25N3O/c1-11-10-15(2)6-3-7-16(11)13(17)8-12-4-5-14-9-12/h11-12,14H,3-10H2,1-2H3. The maximum Gasteiger partial charge on any atom is 0.223 e. The molecule has 0 radical (unpaired) electrons. The molecule has 2 fully saturated rings. The third-order valence-electron chi connectivity index (χ3n) is 3.99. The van der Waals surface area contributed by atoms with Gasteiger partial charge in [-0.05, 0) is 52.4 Å². The Morgan fingerprint density at radius 1 is 1.41 bits per heavy atom. The lowest BCUT2D eigenvalue weighted by Crippen LogP contribution is -2.42. The first-order valence-corrected chi connectivity index (χ1v) is 6.85. The number of hydrogen-bond donors (Lipinski definition) is 1. The molecule has 0 aromatic carbocycles. The zero-order chi connectivity index (χ0) is 12.3. The van der Waals surface area contributed by atoms with Crippen LogP contribution in [-0.2, 0) is 4.79 Å². The molecule has 0 aromatic rings. The van der Waals surface area contributed by atoms with Gasteiger partial charge in [-0.2, -0.15) is 0 Å². The Morgan fingerprint density at radius 3 is 2.94 bits per heavy atom. The van der Waals surface area contributed by atoms with Gasteiger partial charge in [0.1, 0.15) is 0 Å². The smallest absolute Gasteiger partial charge is 0.223 e. The number of hydrogen-bond acceptors (Lipinski definition) is 3. The molecule has 2 atom stereocenters. The molecule has 0 saturated carbocycles. The van der Waals surface area contributed by atoms with Gasteiger partial charge in [-0.3, -0.25) is 4.79 Å². The minimum atomic E-state index is 0.363. The van der Waals surface area contributed by atoms with Crippen molar-refractivity contribution in [3.8, 4) is 0 Å². The van der Waals surface area contributed by atoms with Crippen LogP contribution in [0.4, 0.5) is 0 Å². The van der Waals surface area contributed by atoms with Crippen LogP contribution in [0.3, 0.4) is 0 Å². The molecular weight excluding hydrogens is 214 g/mol. The van der Waals surface area contributed by atoms with E-state index in [1.54, 1.807) is 0 Å². The molecule has 98 valence electrons. The van der Waals surface area contributed by atoms with E-state index in [-0.39, 0.29) is 0 Å². The van der Waals surface area contributed by atoms with Gasteiger partial charge in [-0.1, -0.05) is 0 Å². The quantitative estimate of drug-likeness (QED) is 0.764. The van der Waals surface area contributed by atoms with Crippen molar-refractivity contribution < 1.29 is 4.79 Å². The van der Waals surface area contributed by atoms with Crippen molar-refractivity contribution in [3.63, 3.8) is 0 Å². The Labute approximate surface area is 104 Å². The van der Waals surface area contributed by atoms with Crippen molar-refractivity contribution in [1.29, 1.82) is 0 Å². The third-order valence-corrected chi connectivity index (χ3v) is 3.99. The second kappa shape index (κ2) is 5.83. The summed E-state index contributed by atoms with van der Waals surface area (Å²) in [4.78, 5) is 16.7. The monoisotopic (exact) mass is 239 g/mol. The van der Waals surface area contributed by atoms with E-state index in [0.29, 0.717) is 17.9 Å². The second-order valence-electron chi connectivity index (χ2n) is 5.61. The first-order chi connectivity index (χ1) is 8.16. The molecule has 2 unspecified atom stereocenters. The van der Waals surface area contributed by atoms with Gasteiger partial charge in [0.05, 0.1) is 0 Å². The fraction of sp³-hybridized carbons (Fsp3) is 0.923. The molecule has 2 rings (SSSR count). The summed E-state index contributed by atoms with van der Waals surface area (Å²) in [5, 5.41) is 3.33. The molecular formula is C13H25N3O. The number of nitrogens with zero attached hydrogens (tertiary/aromatic N) is 2. The van der Waals surface area contributed by atoms with Crippen LogP contribution in [0.1, 0.15) is 26.2 Å². The lowest BCUT2D eigenvalue weighted by atomic mass is 10.0. The Hall–Kier alpha value is -0.610. The Balaban J connectivity index is 1.88. The van der Waals surface area contributed by atoms with E-state index in [0.717, 1.165) is 52.0 Å². The SMILES string of the molecule is CC1CN(C)CCCN1C(=O)CC1CCNC1. The molecule has 4 heteroatoms. The summed E-state index contributed by atoms with van der Waals surface area (Å²) >= 11 is 0. The number of carbonyl (C=O) groups is 1. The van der Waals surface area contributed by atoms with Crippen molar-refractivity contribution >= 4 is 5.91 Å². The molecule has 17 heavy (non-hydrogen) atoms. The molecule has 0 bridgehead atoms. The van der Waals surface area contributed by atoms with Gasteiger partial charge >= 0.3 is 0 Å². The van der Waals surface area contributed by atoms with Crippen molar-refractivity contribution in [2.24, 2.45) is 5.92 Å². The zero-order valence-electron chi connectivity index (χ0n) is 11.1. The molecule has 2 aliphatic heterocycles. The molecule has 1 amide bonds. The highest BCUT2D eigenvalue weighted by molar-refractivity contribution is 5.76. The average molecular weight is 239 g/mol. The second-order valence-corrected chi connectivity index (χ2v) is 5.61.